The minimum Gasteiger partial charge on any atom is -0.466 e. The molecule has 162 valence electrons. The molecule has 0 aliphatic carbocycles. The van der Waals surface area contributed by atoms with Crippen molar-refractivity contribution in [3.63, 3.8) is 0 Å². The standard InChI is InChI=1S/C26H29ClNO2P/c1-5-30-25(29)20(2)26(3,21-16-18-22(27)19-17-21)28-31(4,23-12-8-6-9-13-23)24-14-10-7-11-15-24/h6-20,28H,4-5H2,1-3H3/t20-,26+/m1/s1. The zero-order valence-corrected chi connectivity index (χ0v) is 19.9. The van der Waals surface area contributed by atoms with E-state index in [1.165, 1.54) is 0 Å². The highest BCUT2D eigenvalue weighted by atomic mass is 35.5. The Labute approximate surface area is 190 Å². The van der Waals surface area contributed by atoms with Crippen LogP contribution in [0.15, 0.2) is 84.9 Å². The molecule has 1 N–H and O–H groups in total. The smallest absolute Gasteiger partial charge is 0.310 e. The van der Waals surface area contributed by atoms with Gasteiger partial charge in [-0.3, -0.25) is 9.88 Å². The molecule has 0 bridgehead atoms. The third-order valence-electron chi connectivity index (χ3n) is 5.77. The highest BCUT2D eigenvalue weighted by Gasteiger charge is 2.41. The van der Waals surface area contributed by atoms with Crippen LogP contribution in [-0.4, -0.2) is 18.9 Å². The van der Waals surface area contributed by atoms with Crippen LogP contribution in [0.2, 0.25) is 5.02 Å². The van der Waals surface area contributed by atoms with Gasteiger partial charge in [-0.1, -0.05) is 90.7 Å². The molecule has 0 unspecified atom stereocenters. The molecule has 3 rings (SSSR count). The molecule has 0 saturated carbocycles. The van der Waals surface area contributed by atoms with E-state index in [0.717, 1.165) is 16.2 Å². The second kappa shape index (κ2) is 9.87. The highest BCUT2D eigenvalue weighted by molar-refractivity contribution is 7.85. The third-order valence-corrected chi connectivity index (χ3v) is 9.22. The van der Waals surface area contributed by atoms with Gasteiger partial charge < -0.3 is 4.74 Å². The van der Waals surface area contributed by atoms with Crippen molar-refractivity contribution in [3.8, 4) is 0 Å². The maximum Gasteiger partial charge on any atom is 0.310 e. The molecule has 31 heavy (non-hydrogen) atoms. The fourth-order valence-electron chi connectivity index (χ4n) is 3.75. The molecule has 5 heteroatoms. The Hall–Kier alpha value is -2.32. The fourth-order valence-corrected chi connectivity index (χ4v) is 6.91. The van der Waals surface area contributed by atoms with Crippen molar-refractivity contribution >= 4 is 41.5 Å². The summed E-state index contributed by atoms with van der Waals surface area (Å²) in [6.45, 7) is 6.11. The summed E-state index contributed by atoms with van der Waals surface area (Å²) in [6, 6.07) is 28.1. The van der Waals surface area contributed by atoms with E-state index in [1.807, 2.05) is 81.4 Å². The first-order chi connectivity index (χ1) is 14.8. The largest absolute Gasteiger partial charge is 0.466 e. The number of benzene rings is 3. The molecule has 0 spiro atoms. The Morgan fingerprint density at radius 1 is 1.00 bits per heavy atom. The molecular weight excluding hydrogens is 425 g/mol. The molecule has 0 fully saturated rings. The minimum atomic E-state index is -2.33. The van der Waals surface area contributed by atoms with Gasteiger partial charge in [0.2, 0.25) is 0 Å². The summed E-state index contributed by atoms with van der Waals surface area (Å²) in [5.41, 5.74) is 0.218. The Morgan fingerprint density at radius 2 is 1.48 bits per heavy atom. The Kier molecular flexibility index (Phi) is 7.43. The molecular formula is C26H29ClNO2P. The summed E-state index contributed by atoms with van der Waals surface area (Å²) < 4.78 is 5.41. The first kappa shape index (κ1) is 23.3. The molecule has 3 nitrogen and oxygen atoms in total. The third kappa shape index (κ3) is 4.96. The summed E-state index contributed by atoms with van der Waals surface area (Å²) in [5.74, 6) is -0.706. The van der Waals surface area contributed by atoms with Crippen LogP contribution in [0.25, 0.3) is 0 Å². The molecule has 2 atom stereocenters. The lowest BCUT2D eigenvalue weighted by Crippen LogP contribution is -2.49. The van der Waals surface area contributed by atoms with Gasteiger partial charge in [0.15, 0.2) is 0 Å². The number of carbonyl (C=O) groups is 1. The lowest BCUT2D eigenvalue weighted by atomic mass is 9.81. The van der Waals surface area contributed by atoms with Gasteiger partial charge in [-0.2, -0.15) is 0 Å². The lowest BCUT2D eigenvalue weighted by molar-refractivity contribution is -0.150. The predicted octanol–water partition coefficient (Wildman–Crippen LogP) is 5.36. The van der Waals surface area contributed by atoms with Gasteiger partial charge in [-0.25, -0.2) is 0 Å². The highest BCUT2D eigenvalue weighted by Crippen LogP contribution is 2.46. The van der Waals surface area contributed by atoms with Crippen LogP contribution < -0.4 is 15.7 Å². The average Bonchev–Trinajstić information content (AvgIpc) is 2.80. The van der Waals surface area contributed by atoms with E-state index in [0.29, 0.717) is 11.6 Å². The SMILES string of the molecule is C=P(N[C@](C)(c1ccc(Cl)cc1)[C@H](C)C(=O)OCC)(c1ccccc1)c1ccccc1. The van der Waals surface area contributed by atoms with E-state index in [2.05, 4.69) is 29.4 Å². The number of ether oxygens (including phenoxy) is 1. The van der Waals surface area contributed by atoms with Crippen LogP contribution in [-0.2, 0) is 15.1 Å². The molecule has 0 saturated heterocycles. The van der Waals surface area contributed by atoms with Crippen LogP contribution in [0.1, 0.15) is 26.3 Å². The normalized spacial score (nSPS) is 14.5. The Morgan fingerprint density at radius 3 is 1.94 bits per heavy atom. The lowest BCUT2D eigenvalue weighted by Gasteiger charge is -2.42. The van der Waals surface area contributed by atoms with Crippen LogP contribution in [0.5, 0.6) is 0 Å². The zero-order chi connectivity index (χ0) is 22.5. The Bertz CT molecular complexity index is 1010. The van der Waals surface area contributed by atoms with Crippen molar-refractivity contribution in [1.29, 1.82) is 0 Å². The monoisotopic (exact) mass is 453 g/mol. The maximum atomic E-state index is 12.9. The molecule has 0 heterocycles. The van der Waals surface area contributed by atoms with Gasteiger partial charge in [0, 0.05) is 12.1 Å². The molecule has 0 aromatic heterocycles. The number of nitrogens with one attached hydrogen (secondary N) is 1. The van der Waals surface area contributed by atoms with Crippen molar-refractivity contribution in [2.75, 3.05) is 6.61 Å². The fraction of sp³-hybridized carbons (Fsp3) is 0.231. The molecule has 0 aliphatic rings. The molecule has 3 aromatic carbocycles. The van der Waals surface area contributed by atoms with Crippen LogP contribution >= 0.6 is 18.6 Å². The molecule has 0 amide bonds. The van der Waals surface area contributed by atoms with Gasteiger partial charge >= 0.3 is 5.97 Å². The summed E-state index contributed by atoms with van der Waals surface area (Å²) in [6.07, 6.45) is 4.75. The molecule has 0 radical (unpaired) electrons. The molecule has 3 aromatic rings. The van der Waals surface area contributed by atoms with Gasteiger partial charge in [-0.05, 0) is 49.1 Å². The predicted molar refractivity (Wildman–Crippen MR) is 134 cm³/mol. The van der Waals surface area contributed by atoms with E-state index in [1.54, 1.807) is 0 Å². The van der Waals surface area contributed by atoms with Crippen molar-refractivity contribution in [2.45, 2.75) is 26.3 Å². The maximum absolute atomic E-state index is 12.9. The van der Waals surface area contributed by atoms with Crippen molar-refractivity contribution < 1.29 is 9.53 Å². The number of hydrogen-bond donors (Lipinski definition) is 1. The second-order valence-corrected chi connectivity index (χ2v) is 11.1. The van der Waals surface area contributed by atoms with Gasteiger partial charge in [0.25, 0.3) is 0 Å². The average molecular weight is 454 g/mol. The summed E-state index contributed by atoms with van der Waals surface area (Å²) in [7, 11) is -2.33. The first-order valence-electron chi connectivity index (χ1n) is 10.4. The summed E-state index contributed by atoms with van der Waals surface area (Å²) in [4.78, 5) is 12.9. The van der Waals surface area contributed by atoms with Gasteiger partial charge in [0.1, 0.15) is 0 Å². The van der Waals surface area contributed by atoms with Crippen LogP contribution in [0.3, 0.4) is 0 Å². The van der Waals surface area contributed by atoms with Crippen LogP contribution in [0.4, 0.5) is 0 Å². The first-order valence-corrected chi connectivity index (χ1v) is 12.7. The quantitative estimate of drug-likeness (QED) is 0.368. The van der Waals surface area contributed by atoms with E-state index >= 15 is 0 Å². The van der Waals surface area contributed by atoms with Crippen molar-refractivity contribution in [2.24, 2.45) is 5.92 Å². The zero-order valence-electron chi connectivity index (χ0n) is 18.2. The Balaban J connectivity index is 2.18. The number of carbonyl (C=O) groups excluding carboxylic acids is 1. The van der Waals surface area contributed by atoms with E-state index in [4.69, 9.17) is 22.6 Å². The van der Waals surface area contributed by atoms with E-state index in [-0.39, 0.29) is 5.97 Å². The topological polar surface area (TPSA) is 38.3 Å². The van der Waals surface area contributed by atoms with Gasteiger partial charge in [-0.15, -0.1) is 0 Å². The second-order valence-electron chi connectivity index (χ2n) is 7.78. The van der Waals surface area contributed by atoms with Crippen molar-refractivity contribution in [1.82, 2.24) is 5.09 Å². The minimum absolute atomic E-state index is 0.250. The summed E-state index contributed by atoms with van der Waals surface area (Å²) >= 11 is 6.16. The summed E-state index contributed by atoms with van der Waals surface area (Å²) in [5, 5.41) is 6.74. The number of rotatable bonds is 8. The number of halogens is 1. The van der Waals surface area contributed by atoms with E-state index in [9.17, 15) is 4.79 Å². The van der Waals surface area contributed by atoms with Gasteiger partial charge in [0.05, 0.1) is 18.1 Å². The number of hydrogen-bond acceptors (Lipinski definition) is 3. The van der Waals surface area contributed by atoms with E-state index < -0.39 is 18.5 Å². The van der Waals surface area contributed by atoms with Crippen molar-refractivity contribution in [3.05, 3.63) is 95.5 Å². The van der Waals surface area contributed by atoms with Crippen LogP contribution in [0, 0.1) is 5.92 Å². The number of esters is 1. The molecule has 0 aliphatic heterocycles.